The van der Waals surface area contributed by atoms with Crippen molar-refractivity contribution in [1.29, 1.82) is 0 Å². The van der Waals surface area contributed by atoms with Gasteiger partial charge in [0.1, 0.15) is 0 Å². The number of likely N-dealkylation sites (tertiary alicyclic amines) is 1. The number of carbonyl (C=O) groups excluding carboxylic acids is 1. The van der Waals surface area contributed by atoms with Crippen LogP contribution in [-0.4, -0.2) is 55.2 Å². The number of nitrogens with zero attached hydrogens (tertiary/aromatic N) is 2. The van der Waals surface area contributed by atoms with E-state index in [0.717, 1.165) is 50.6 Å². The van der Waals surface area contributed by atoms with E-state index in [0.29, 0.717) is 5.91 Å². The van der Waals surface area contributed by atoms with Crippen LogP contribution in [0.5, 0.6) is 0 Å². The predicted octanol–water partition coefficient (Wildman–Crippen LogP) is 1.89. The average molecular weight is 270 g/mol. The van der Waals surface area contributed by atoms with Gasteiger partial charge in [0.05, 0.1) is 0 Å². The van der Waals surface area contributed by atoms with Crippen LogP contribution in [-0.2, 0) is 4.79 Å². The Hall–Kier alpha value is -0.220. The van der Waals surface area contributed by atoms with Gasteiger partial charge in [-0.2, -0.15) is 12.6 Å². The molecule has 4 heteroatoms. The molecule has 1 aliphatic carbocycles. The first-order valence-corrected chi connectivity index (χ1v) is 7.71. The van der Waals surface area contributed by atoms with Crippen LogP contribution in [0.15, 0.2) is 0 Å². The quantitative estimate of drug-likeness (QED) is 0.771. The van der Waals surface area contributed by atoms with Crippen LogP contribution in [0, 0.1) is 11.3 Å². The number of piperidine rings is 1. The normalized spacial score (nSPS) is 23.4. The fourth-order valence-corrected chi connectivity index (χ4v) is 3.31. The van der Waals surface area contributed by atoms with E-state index in [1.54, 1.807) is 0 Å². The van der Waals surface area contributed by atoms with Gasteiger partial charge in [0.2, 0.25) is 5.91 Å². The van der Waals surface area contributed by atoms with Crippen molar-refractivity contribution in [2.45, 2.75) is 32.1 Å². The zero-order valence-corrected chi connectivity index (χ0v) is 12.6. The Morgan fingerprint density at radius 2 is 1.94 bits per heavy atom. The molecule has 0 aromatic rings. The van der Waals surface area contributed by atoms with Crippen molar-refractivity contribution in [2.75, 3.05) is 39.5 Å². The van der Waals surface area contributed by atoms with Gasteiger partial charge in [0.25, 0.3) is 0 Å². The first-order valence-electron chi connectivity index (χ1n) is 7.08. The second-order valence-corrected chi connectivity index (χ2v) is 6.74. The van der Waals surface area contributed by atoms with E-state index in [2.05, 4.69) is 36.5 Å². The van der Waals surface area contributed by atoms with Crippen molar-refractivity contribution < 1.29 is 4.79 Å². The predicted molar refractivity (Wildman–Crippen MR) is 78.0 cm³/mol. The molecule has 2 aliphatic rings. The molecule has 2 rings (SSSR count). The molecule has 0 spiro atoms. The Labute approximate surface area is 116 Å². The first-order chi connectivity index (χ1) is 8.54. The summed E-state index contributed by atoms with van der Waals surface area (Å²) >= 11 is 4.38. The zero-order chi connectivity index (χ0) is 13.2. The smallest absolute Gasteiger partial charge is 0.223 e. The maximum atomic E-state index is 12.2. The molecule has 0 aromatic heterocycles. The maximum absolute atomic E-state index is 12.2. The fraction of sp³-hybridized carbons (Fsp3) is 0.929. The van der Waals surface area contributed by atoms with Crippen molar-refractivity contribution in [1.82, 2.24) is 9.80 Å². The van der Waals surface area contributed by atoms with Crippen LogP contribution in [0.4, 0.5) is 0 Å². The summed E-state index contributed by atoms with van der Waals surface area (Å²) in [5.74, 6) is 2.00. The lowest BCUT2D eigenvalue weighted by Gasteiger charge is -2.34. The minimum atomic E-state index is 0.265. The van der Waals surface area contributed by atoms with E-state index in [1.807, 2.05) is 0 Å². The fourth-order valence-electron chi connectivity index (χ4n) is 2.88. The average Bonchev–Trinajstić information content (AvgIpc) is 3.09. The van der Waals surface area contributed by atoms with Gasteiger partial charge in [-0.25, -0.2) is 0 Å². The first kappa shape index (κ1) is 14.2. The molecule has 1 heterocycles. The van der Waals surface area contributed by atoms with Crippen LogP contribution < -0.4 is 0 Å². The van der Waals surface area contributed by atoms with E-state index in [1.165, 1.54) is 12.8 Å². The molecule has 0 radical (unpaired) electrons. The van der Waals surface area contributed by atoms with Crippen molar-refractivity contribution in [2.24, 2.45) is 11.3 Å². The lowest BCUT2D eigenvalue weighted by molar-refractivity contribution is -0.133. The molecule has 0 aromatic carbocycles. The number of thiol groups is 1. The van der Waals surface area contributed by atoms with Gasteiger partial charge >= 0.3 is 0 Å². The molecule has 3 nitrogen and oxygen atoms in total. The molecular formula is C14H26N2OS. The second-order valence-electron chi connectivity index (χ2n) is 6.42. The van der Waals surface area contributed by atoms with E-state index in [9.17, 15) is 4.79 Å². The molecule has 0 atom stereocenters. The molecule has 2 fully saturated rings. The van der Waals surface area contributed by atoms with Crippen LogP contribution in [0.25, 0.3) is 0 Å². The summed E-state index contributed by atoms with van der Waals surface area (Å²) in [7, 11) is 4.25. The topological polar surface area (TPSA) is 23.6 Å². The summed E-state index contributed by atoms with van der Waals surface area (Å²) in [6.45, 7) is 3.07. The van der Waals surface area contributed by atoms with Gasteiger partial charge in [-0.3, -0.25) is 4.79 Å². The third kappa shape index (κ3) is 3.64. The van der Waals surface area contributed by atoms with Crippen molar-refractivity contribution >= 4 is 18.5 Å². The highest BCUT2D eigenvalue weighted by Crippen LogP contribution is 2.49. The van der Waals surface area contributed by atoms with Crippen molar-refractivity contribution in [3.63, 3.8) is 0 Å². The molecule has 104 valence electrons. The Bertz CT molecular complexity index is 294. The zero-order valence-electron chi connectivity index (χ0n) is 11.7. The number of carbonyl (C=O) groups is 1. The SMILES string of the molecule is CN(C)CC1CCN(C(=O)CC2(CS)CC2)CC1. The summed E-state index contributed by atoms with van der Waals surface area (Å²) in [5.41, 5.74) is 0.265. The molecule has 1 saturated heterocycles. The largest absolute Gasteiger partial charge is 0.343 e. The molecule has 1 saturated carbocycles. The molecule has 0 bridgehead atoms. The van der Waals surface area contributed by atoms with E-state index < -0.39 is 0 Å². The van der Waals surface area contributed by atoms with Crippen molar-refractivity contribution in [3.8, 4) is 0 Å². The number of hydrogen-bond donors (Lipinski definition) is 1. The molecular weight excluding hydrogens is 244 g/mol. The molecule has 1 amide bonds. The third-order valence-corrected chi connectivity index (χ3v) is 5.08. The summed E-state index contributed by atoms with van der Waals surface area (Å²) < 4.78 is 0. The minimum Gasteiger partial charge on any atom is -0.343 e. The highest BCUT2D eigenvalue weighted by molar-refractivity contribution is 7.80. The number of amides is 1. The molecule has 0 unspecified atom stereocenters. The van der Waals surface area contributed by atoms with Gasteiger partial charge in [0.15, 0.2) is 0 Å². The lowest BCUT2D eigenvalue weighted by atomic mass is 9.95. The third-order valence-electron chi connectivity index (χ3n) is 4.41. The maximum Gasteiger partial charge on any atom is 0.223 e. The Morgan fingerprint density at radius 1 is 1.33 bits per heavy atom. The second kappa shape index (κ2) is 5.83. The van der Waals surface area contributed by atoms with E-state index in [4.69, 9.17) is 0 Å². The molecule has 0 N–H and O–H groups in total. The Kier molecular flexibility index (Phi) is 4.59. The number of rotatable bonds is 5. The Balaban J connectivity index is 1.74. The van der Waals surface area contributed by atoms with Crippen LogP contribution in [0.2, 0.25) is 0 Å². The van der Waals surface area contributed by atoms with Gasteiger partial charge in [-0.05, 0) is 56.9 Å². The summed E-state index contributed by atoms with van der Waals surface area (Å²) in [5, 5.41) is 0. The Morgan fingerprint density at radius 3 is 2.39 bits per heavy atom. The lowest BCUT2D eigenvalue weighted by Crippen LogP contribution is -2.41. The van der Waals surface area contributed by atoms with Gasteiger partial charge in [-0.1, -0.05) is 0 Å². The van der Waals surface area contributed by atoms with Gasteiger partial charge in [0, 0.05) is 26.1 Å². The van der Waals surface area contributed by atoms with Gasteiger partial charge in [-0.15, -0.1) is 0 Å². The standard InChI is InChI=1S/C14H26N2OS/c1-15(2)10-12-3-7-16(8-4-12)13(17)9-14(11-18)5-6-14/h12,18H,3-11H2,1-2H3. The molecule has 18 heavy (non-hydrogen) atoms. The molecule has 1 aliphatic heterocycles. The summed E-state index contributed by atoms with van der Waals surface area (Å²) in [6, 6.07) is 0. The van der Waals surface area contributed by atoms with Gasteiger partial charge < -0.3 is 9.80 Å². The summed E-state index contributed by atoms with van der Waals surface area (Å²) in [6.07, 6.45) is 5.45. The summed E-state index contributed by atoms with van der Waals surface area (Å²) in [4.78, 5) is 16.6. The minimum absolute atomic E-state index is 0.265. The highest BCUT2D eigenvalue weighted by atomic mass is 32.1. The number of hydrogen-bond acceptors (Lipinski definition) is 3. The van der Waals surface area contributed by atoms with Crippen LogP contribution in [0.1, 0.15) is 32.1 Å². The van der Waals surface area contributed by atoms with Crippen LogP contribution in [0.3, 0.4) is 0 Å². The highest BCUT2D eigenvalue weighted by Gasteiger charge is 2.43. The monoisotopic (exact) mass is 270 g/mol. The van der Waals surface area contributed by atoms with Crippen molar-refractivity contribution in [3.05, 3.63) is 0 Å². The van der Waals surface area contributed by atoms with Crippen LogP contribution >= 0.6 is 12.6 Å². The van der Waals surface area contributed by atoms with E-state index >= 15 is 0 Å². The van der Waals surface area contributed by atoms with E-state index in [-0.39, 0.29) is 5.41 Å².